The normalized spacial score (nSPS) is 11.5. The van der Waals surface area contributed by atoms with Crippen LogP contribution in [0.3, 0.4) is 0 Å². The highest BCUT2D eigenvalue weighted by Crippen LogP contribution is 2.14. The first-order valence-corrected chi connectivity index (χ1v) is 8.85. The van der Waals surface area contributed by atoms with Crippen LogP contribution in [-0.4, -0.2) is 21.5 Å². The molecule has 0 aliphatic rings. The monoisotopic (exact) mass is 338 g/mol. The van der Waals surface area contributed by atoms with Gasteiger partial charge in [0.1, 0.15) is 0 Å². The molecule has 0 spiro atoms. The average Bonchev–Trinajstić information content (AvgIpc) is 2.49. The lowest BCUT2D eigenvalue weighted by Crippen LogP contribution is -2.31. The first-order chi connectivity index (χ1) is 10.5. The summed E-state index contributed by atoms with van der Waals surface area (Å²) in [4.78, 5) is 0.282. The summed E-state index contributed by atoms with van der Waals surface area (Å²) in [6.07, 6.45) is 0. The molecule has 2 N–H and O–H groups in total. The molecular weight excluding hydrogens is 320 g/mol. The van der Waals surface area contributed by atoms with Gasteiger partial charge in [-0.3, -0.25) is 0 Å². The quantitative estimate of drug-likeness (QED) is 0.763. The largest absolute Gasteiger partial charge is 0.311 e. The minimum atomic E-state index is -3.45. The van der Waals surface area contributed by atoms with Gasteiger partial charge < -0.3 is 5.32 Å². The smallest absolute Gasteiger partial charge is 0.240 e. The molecule has 0 amide bonds. The van der Waals surface area contributed by atoms with Crippen molar-refractivity contribution in [3.8, 4) is 0 Å². The Labute approximate surface area is 136 Å². The van der Waals surface area contributed by atoms with Crippen molar-refractivity contribution >= 4 is 21.6 Å². The van der Waals surface area contributed by atoms with Crippen LogP contribution in [0.15, 0.2) is 53.4 Å². The molecule has 0 fully saturated rings. The van der Waals surface area contributed by atoms with Crippen LogP contribution in [0.25, 0.3) is 0 Å². The van der Waals surface area contributed by atoms with Gasteiger partial charge in [-0.1, -0.05) is 47.5 Å². The van der Waals surface area contributed by atoms with E-state index in [1.165, 1.54) is 0 Å². The minimum absolute atomic E-state index is 0.282. The summed E-state index contributed by atoms with van der Waals surface area (Å²) >= 11 is 6.05. The van der Waals surface area contributed by atoms with Crippen LogP contribution in [0.2, 0.25) is 5.02 Å². The van der Waals surface area contributed by atoms with Gasteiger partial charge in [-0.15, -0.1) is 0 Å². The summed E-state index contributed by atoms with van der Waals surface area (Å²) in [6.45, 7) is 3.37. The Balaban J connectivity index is 1.79. The number of hydrogen-bond donors (Lipinski definition) is 2. The van der Waals surface area contributed by atoms with Crippen molar-refractivity contribution in [3.05, 3.63) is 64.7 Å². The number of sulfonamides is 1. The molecular formula is C16H19ClN2O2S. The third-order valence-corrected chi connectivity index (χ3v) is 5.04. The predicted molar refractivity (Wildman–Crippen MR) is 89.5 cm³/mol. The van der Waals surface area contributed by atoms with Crippen molar-refractivity contribution in [1.82, 2.24) is 10.0 Å². The second-order valence-corrected chi connectivity index (χ2v) is 7.15. The van der Waals surface area contributed by atoms with Gasteiger partial charge >= 0.3 is 0 Å². The van der Waals surface area contributed by atoms with E-state index < -0.39 is 10.0 Å². The molecule has 0 aromatic heterocycles. The van der Waals surface area contributed by atoms with Crippen molar-refractivity contribution < 1.29 is 8.42 Å². The van der Waals surface area contributed by atoms with Gasteiger partial charge in [-0.2, -0.15) is 0 Å². The molecule has 0 aliphatic carbocycles. The zero-order chi connectivity index (χ0) is 16.0. The van der Waals surface area contributed by atoms with Gasteiger partial charge in [0.05, 0.1) is 4.90 Å². The number of aryl methyl sites for hydroxylation is 1. The van der Waals surface area contributed by atoms with E-state index in [2.05, 4.69) is 10.0 Å². The summed E-state index contributed by atoms with van der Waals surface area (Å²) in [5.41, 5.74) is 2.02. The van der Waals surface area contributed by atoms with Crippen LogP contribution in [0.1, 0.15) is 11.1 Å². The Morgan fingerprint density at radius 2 is 1.68 bits per heavy atom. The highest BCUT2D eigenvalue weighted by atomic mass is 35.5. The van der Waals surface area contributed by atoms with Crippen LogP contribution < -0.4 is 10.0 Å². The Morgan fingerprint density at radius 3 is 2.36 bits per heavy atom. The minimum Gasteiger partial charge on any atom is -0.311 e. The van der Waals surface area contributed by atoms with Crippen molar-refractivity contribution in [2.45, 2.75) is 18.4 Å². The molecule has 4 nitrogen and oxygen atoms in total. The molecule has 22 heavy (non-hydrogen) atoms. The summed E-state index contributed by atoms with van der Waals surface area (Å²) in [5.74, 6) is 0. The maximum absolute atomic E-state index is 12.1. The van der Waals surface area contributed by atoms with E-state index in [1.54, 1.807) is 24.3 Å². The number of halogens is 1. The van der Waals surface area contributed by atoms with Crippen LogP contribution in [0.5, 0.6) is 0 Å². The molecule has 2 aromatic carbocycles. The molecule has 0 heterocycles. The molecule has 0 saturated heterocycles. The van der Waals surface area contributed by atoms with Gasteiger partial charge in [-0.05, 0) is 30.7 Å². The SMILES string of the molecule is Cc1ccc(S(=O)(=O)NCCNCc2ccccc2Cl)cc1. The first-order valence-electron chi connectivity index (χ1n) is 6.99. The fraction of sp³-hybridized carbons (Fsp3) is 0.250. The molecule has 0 unspecified atom stereocenters. The van der Waals surface area contributed by atoms with Gasteiger partial charge in [0.2, 0.25) is 10.0 Å². The second kappa shape index (κ2) is 7.74. The summed E-state index contributed by atoms with van der Waals surface area (Å²) in [7, 11) is -3.45. The molecule has 0 aliphatic heterocycles. The van der Waals surface area contributed by atoms with Gasteiger partial charge in [0.25, 0.3) is 0 Å². The molecule has 6 heteroatoms. The lowest BCUT2D eigenvalue weighted by Gasteiger charge is -2.09. The van der Waals surface area contributed by atoms with Crippen molar-refractivity contribution in [2.24, 2.45) is 0 Å². The molecule has 118 valence electrons. The summed E-state index contributed by atoms with van der Waals surface area (Å²) in [5, 5.41) is 3.87. The van der Waals surface area contributed by atoms with Gasteiger partial charge in [0.15, 0.2) is 0 Å². The lowest BCUT2D eigenvalue weighted by molar-refractivity contribution is 0.576. The molecule has 0 atom stereocenters. The van der Waals surface area contributed by atoms with E-state index >= 15 is 0 Å². The number of nitrogens with one attached hydrogen (secondary N) is 2. The van der Waals surface area contributed by atoms with E-state index in [4.69, 9.17) is 11.6 Å². The number of rotatable bonds is 7. The van der Waals surface area contributed by atoms with E-state index in [9.17, 15) is 8.42 Å². The molecule has 0 radical (unpaired) electrons. The van der Waals surface area contributed by atoms with E-state index in [0.717, 1.165) is 11.1 Å². The maximum Gasteiger partial charge on any atom is 0.240 e. The third-order valence-electron chi connectivity index (χ3n) is 3.20. The van der Waals surface area contributed by atoms with Crippen molar-refractivity contribution in [2.75, 3.05) is 13.1 Å². The van der Waals surface area contributed by atoms with E-state index in [0.29, 0.717) is 24.7 Å². The van der Waals surface area contributed by atoms with Crippen LogP contribution in [0.4, 0.5) is 0 Å². The molecule has 0 bridgehead atoms. The fourth-order valence-corrected chi connectivity index (χ4v) is 3.17. The highest BCUT2D eigenvalue weighted by molar-refractivity contribution is 7.89. The lowest BCUT2D eigenvalue weighted by atomic mass is 10.2. The van der Waals surface area contributed by atoms with Gasteiger partial charge in [-0.25, -0.2) is 13.1 Å². The number of hydrogen-bond acceptors (Lipinski definition) is 3. The standard InChI is InChI=1S/C16H19ClN2O2S/c1-13-6-8-15(9-7-13)22(20,21)19-11-10-18-12-14-4-2-3-5-16(14)17/h2-9,18-19H,10-12H2,1H3. The molecule has 0 saturated carbocycles. The zero-order valence-corrected chi connectivity index (χ0v) is 13.9. The summed E-state index contributed by atoms with van der Waals surface area (Å²) < 4.78 is 26.7. The topological polar surface area (TPSA) is 58.2 Å². The Bertz CT molecular complexity index is 715. The molecule has 2 rings (SSSR count). The van der Waals surface area contributed by atoms with Crippen molar-refractivity contribution in [1.29, 1.82) is 0 Å². The summed E-state index contributed by atoms with van der Waals surface area (Å²) in [6, 6.07) is 14.3. The number of benzene rings is 2. The van der Waals surface area contributed by atoms with Gasteiger partial charge in [0, 0.05) is 24.7 Å². The van der Waals surface area contributed by atoms with E-state index in [1.807, 2.05) is 31.2 Å². The second-order valence-electron chi connectivity index (χ2n) is 4.98. The molecule has 2 aromatic rings. The highest BCUT2D eigenvalue weighted by Gasteiger charge is 2.12. The predicted octanol–water partition coefficient (Wildman–Crippen LogP) is 2.72. The van der Waals surface area contributed by atoms with E-state index in [-0.39, 0.29) is 4.90 Å². The Kier molecular flexibility index (Phi) is 5.97. The Hall–Kier alpha value is -1.40. The van der Waals surface area contributed by atoms with Crippen LogP contribution in [0, 0.1) is 6.92 Å². The first kappa shape index (κ1) is 17.0. The maximum atomic E-state index is 12.1. The fourth-order valence-electron chi connectivity index (χ4n) is 1.94. The Morgan fingerprint density at radius 1 is 1.00 bits per heavy atom. The average molecular weight is 339 g/mol. The third kappa shape index (κ3) is 4.81. The zero-order valence-electron chi connectivity index (χ0n) is 12.3. The van der Waals surface area contributed by atoms with Crippen LogP contribution >= 0.6 is 11.6 Å². The van der Waals surface area contributed by atoms with Crippen molar-refractivity contribution in [3.63, 3.8) is 0 Å². The van der Waals surface area contributed by atoms with Crippen LogP contribution in [-0.2, 0) is 16.6 Å².